The van der Waals surface area contributed by atoms with E-state index in [4.69, 9.17) is 9.98 Å². The monoisotopic (exact) mass is 1200 g/mol. The topological polar surface area (TPSA) is 186 Å². The molecule has 468 valence electrons. The summed E-state index contributed by atoms with van der Waals surface area (Å²) in [5.41, 5.74) is 7.82. The van der Waals surface area contributed by atoms with Crippen LogP contribution >= 0.6 is 0 Å². The zero-order valence-corrected chi connectivity index (χ0v) is 53.6. The molecule has 0 aliphatic rings. The molecule has 0 aliphatic heterocycles. The summed E-state index contributed by atoms with van der Waals surface area (Å²) in [7, 11) is 0. The zero-order valence-electron chi connectivity index (χ0n) is 52.6. The second-order valence-corrected chi connectivity index (χ2v) is 22.2. The van der Waals surface area contributed by atoms with Gasteiger partial charge in [0.05, 0.1) is 34.7 Å². The summed E-state index contributed by atoms with van der Waals surface area (Å²) < 4.78 is 0. The van der Waals surface area contributed by atoms with E-state index in [0.717, 1.165) is 94.8 Å². The normalized spacial score (nSPS) is 11.5. The number of aromatic carboxylic acids is 2. The molecule has 11 heteroatoms. The van der Waals surface area contributed by atoms with Crippen molar-refractivity contribution in [2.75, 3.05) is 0 Å². The number of phenols is 4. The van der Waals surface area contributed by atoms with Gasteiger partial charge in [-0.15, -0.1) is 0 Å². The van der Waals surface area contributed by atoms with Crippen molar-refractivity contribution in [3.63, 3.8) is 0 Å². The van der Waals surface area contributed by atoms with E-state index in [2.05, 4.69) is 101 Å². The van der Waals surface area contributed by atoms with Crippen LogP contribution in [-0.4, -0.2) is 43.8 Å². The maximum atomic E-state index is 10.8. The van der Waals surface area contributed by atoms with Crippen LogP contribution in [0.1, 0.15) is 284 Å². The number of carbonyl (C=O) groups is 2. The standard InChI is InChI=1S/C49H78N2.2C12H16O4.Ni/c1-5-9-13-16-18-20-22-24-26-29-36-44-38-32-34-40-46(44)50-48(42-28-12-8-4)49(43-31-15-11-7-3)51-47-41-35-33-39-45(47)37-30-27-25-23-21-19-17-14-10-6-2;2*1-2-3-4-5-8-6-7-9(13)11(14)10(8)12(15)16;/h24-27,32-35,38-41H,5-23,28-31,36-37,42-43H2,1-4H3;2*6-7,13-14H,2-5H2,1H3,(H,15,16);/q;;;+2/p-2. The molecule has 0 bridgehead atoms. The summed E-state index contributed by atoms with van der Waals surface area (Å²) in [5.74, 6) is -4.99. The number of nitrogens with zero attached hydrogens (tertiary/aromatic N) is 2. The summed E-state index contributed by atoms with van der Waals surface area (Å²) in [5, 5.41) is 59.0. The number of phenolic OH excluding ortho intramolecular Hbond substituents is 2. The molecule has 4 aromatic carbocycles. The van der Waals surface area contributed by atoms with Crippen molar-refractivity contribution >= 4 is 34.7 Å². The van der Waals surface area contributed by atoms with E-state index < -0.39 is 34.9 Å². The number of rotatable bonds is 42. The van der Waals surface area contributed by atoms with Crippen LogP contribution in [0.4, 0.5) is 11.4 Å². The van der Waals surface area contributed by atoms with Crippen molar-refractivity contribution in [3.8, 4) is 23.0 Å². The summed E-state index contributed by atoms with van der Waals surface area (Å²) in [6, 6.07) is 23.3. The molecule has 0 heterocycles. The Hall–Kier alpha value is -5.67. The van der Waals surface area contributed by atoms with Crippen molar-refractivity contribution in [2.45, 2.75) is 266 Å². The summed E-state index contributed by atoms with van der Waals surface area (Å²) >= 11 is 0. The number of aryl methyl sites for hydroxylation is 4. The first kappa shape index (κ1) is 76.3. The Bertz CT molecular complexity index is 2440. The number of allylic oxidation sites excluding steroid dienone is 4. The molecule has 4 rings (SSSR count). The number of hydrogen-bond acceptors (Lipinski definition) is 10. The third kappa shape index (κ3) is 32.6. The second kappa shape index (κ2) is 49.6. The molecule has 0 atom stereocenters. The Morgan fingerprint density at radius 2 is 0.679 bits per heavy atom. The average Bonchev–Trinajstić information content (AvgIpc) is 3.56. The van der Waals surface area contributed by atoms with Crippen molar-refractivity contribution in [1.29, 1.82) is 0 Å². The van der Waals surface area contributed by atoms with Gasteiger partial charge < -0.3 is 40.2 Å². The van der Waals surface area contributed by atoms with Crippen LogP contribution in [0.2, 0.25) is 0 Å². The number of carboxylic acids is 2. The molecule has 0 fully saturated rings. The maximum absolute atomic E-state index is 10.8. The Labute approximate surface area is 518 Å². The number of aliphatic imine (C=N–C) groups is 2. The molecule has 0 aliphatic carbocycles. The Morgan fingerprint density at radius 1 is 0.369 bits per heavy atom. The van der Waals surface area contributed by atoms with Crippen molar-refractivity contribution in [1.82, 2.24) is 0 Å². The molecule has 4 N–H and O–H groups in total. The minimum Gasteiger partial charge on any atom is -0.545 e. The van der Waals surface area contributed by atoms with Crippen LogP contribution in [-0.2, 0) is 42.2 Å². The van der Waals surface area contributed by atoms with E-state index in [1.54, 1.807) is 0 Å². The number of benzene rings is 4. The van der Waals surface area contributed by atoms with Gasteiger partial charge in [0.25, 0.3) is 0 Å². The summed E-state index contributed by atoms with van der Waals surface area (Å²) in [4.78, 5) is 32.7. The summed E-state index contributed by atoms with van der Waals surface area (Å²) in [6.07, 6.45) is 50.1. The third-order valence-electron chi connectivity index (χ3n) is 15.0. The van der Waals surface area contributed by atoms with Gasteiger partial charge in [0.1, 0.15) is 0 Å². The molecule has 84 heavy (non-hydrogen) atoms. The van der Waals surface area contributed by atoms with Crippen LogP contribution in [0.3, 0.4) is 0 Å². The Morgan fingerprint density at radius 3 is 1.06 bits per heavy atom. The SMILES string of the molecule is CCCCCCCCC=CCCc1ccccc1N=C(CCCCC)C(CCCCCC)=Nc1ccccc1CCC=CCCCCCCCC.CCCCCc1ccc(O)c(O)c1C(=O)[O-].CCCCCc1ccc(O)c(O)c1C(=O)[O-].[Ni+2]. The fourth-order valence-corrected chi connectivity index (χ4v) is 10.0. The van der Waals surface area contributed by atoms with E-state index in [-0.39, 0.29) is 27.6 Å². The molecule has 0 spiro atoms. The van der Waals surface area contributed by atoms with Gasteiger partial charge >= 0.3 is 16.5 Å². The second-order valence-electron chi connectivity index (χ2n) is 22.2. The van der Waals surface area contributed by atoms with E-state index in [9.17, 15) is 40.2 Å². The first-order chi connectivity index (χ1) is 40.4. The minimum absolute atomic E-state index is 0. The number of aromatic hydroxyl groups is 4. The maximum Gasteiger partial charge on any atom is 2.00 e. The largest absolute Gasteiger partial charge is 2.00 e. The molecule has 0 aromatic heterocycles. The van der Waals surface area contributed by atoms with E-state index in [1.165, 1.54) is 175 Å². The molecule has 0 saturated carbocycles. The molecule has 4 aromatic rings. The van der Waals surface area contributed by atoms with Gasteiger partial charge in [-0.25, -0.2) is 0 Å². The Kier molecular flexibility index (Phi) is 45.1. The molecule has 0 radical (unpaired) electrons. The predicted molar refractivity (Wildman–Crippen MR) is 346 cm³/mol. The van der Waals surface area contributed by atoms with E-state index >= 15 is 0 Å². The predicted octanol–water partition coefficient (Wildman–Crippen LogP) is 18.9. The number of para-hydroxylation sites is 2. The quantitative estimate of drug-likeness (QED) is 0.0111. The molecular formula is C73H108N2NiO8. The first-order valence-electron chi connectivity index (χ1n) is 32.5. The van der Waals surface area contributed by atoms with E-state index in [0.29, 0.717) is 24.0 Å². The van der Waals surface area contributed by atoms with Crippen LogP contribution < -0.4 is 10.2 Å². The van der Waals surface area contributed by atoms with Crippen LogP contribution in [0.25, 0.3) is 0 Å². The van der Waals surface area contributed by atoms with Gasteiger partial charge in [-0.1, -0.05) is 236 Å². The van der Waals surface area contributed by atoms with Crippen LogP contribution in [0, 0.1) is 0 Å². The zero-order chi connectivity index (χ0) is 60.7. The van der Waals surface area contributed by atoms with Crippen molar-refractivity contribution < 1.29 is 56.7 Å². The van der Waals surface area contributed by atoms with Gasteiger partial charge in [-0.2, -0.15) is 0 Å². The van der Waals surface area contributed by atoms with Crippen molar-refractivity contribution in [2.24, 2.45) is 9.98 Å². The Balaban J connectivity index is 0.000000859. The molecular weight excluding hydrogens is 1090 g/mol. The third-order valence-corrected chi connectivity index (χ3v) is 15.0. The molecule has 0 unspecified atom stereocenters. The first-order valence-corrected chi connectivity index (χ1v) is 32.5. The van der Waals surface area contributed by atoms with Crippen LogP contribution in [0.5, 0.6) is 23.0 Å². The number of carbonyl (C=O) groups excluding carboxylic acids is 2. The van der Waals surface area contributed by atoms with Gasteiger partial charge in [0, 0.05) is 11.1 Å². The number of carboxylic acid groups (broad SMARTS) is 2. The fourth-order valence-electron chi connectivity index (χ4n) is 10.0. The van der Waals surface area contributed by atoms with Crippen molar-refractivity contribution in [3.05, 3.63) is 130 Å². The van der Waals surface area contributed by atoms with E-state index in [1.807, 2.05) is 13.8 Å². The molecule has 0 saturated heterocycles. The number of unbranched alkanes of at least 4 members (excludes halogenated alkanes) is 21. The van der Waals surface area contributed by atoms with Gasteiger partial charge in [-0.3, -0.25) is 9.98 Å². The molecule has 0 amide bonds. The van der Waals surface area contributed by atoms with Gasteiger partial charge in [0.15, 0.2) is 23.0 Å². The minimum atomic E-state index is -1.46. The average molecular weight is 1200 g/mol. The molecule has 10 nitrogen and oxygen atoms in total. The van der Waals surface area contributed by atoms with Crippen LogP contribution in [0.15, 0.2) is 107 Å². The van der Waals surface area contributed by atoms with Gasteiger partial charge in [-0.05, 0) is 149 Å². The van der Waals surface area contributed by atoms with Gasteiger partial charge in [0.2, 0.25) is 0 Å². The smallest absolute Gasteiger partial charge is 0.545 e. The number of hydrogen-bond donors (Lipinski definition) is 4. The fraction of sp³-hybridized carbons (Fsp3) is 0.562. The summed E-state index contributed by atoms with van der Waals surface area (Å²) in [6.45, 7) is 13.3.